The summed E-state index contributed by atoms with van der Waals surface area (Å²) in [7, 11) is 1.99. The van der Waals surface area contributed by atoms with Gasteiger partial charge in [0.25, 0.3) is 5.91 Å². The van der Waals surface area contributed by atoms with E-state index in [-0.39, 0.29) is 22.1 Å². The summed E-state index contributed by atoms with van der Waals surface area (Å²) < 4.78 is 0. The summed E-state index contributed by atoms with van der Waals surface area (Å²) in [5, 5.41) is 22.3. The lowest BCUT2D eigenvalue weighted by molar-refractivity contribution is 0.0884. The Morgan fingerprint density at radius 2 is 1.86 bits per heavy atom. The monoisotopic (exact) mass is 309 g/mol. The molecule has 0 radical (unpaired) electrons. The molecule has 1 aliphatic rings. The van der Waals surface area contributed by atoms with Crippen LogP contribution in [0.4, 0.5) is 0 Å². The lowest BCUT2D eigenvalue weighted by Crippen LogP contribution is -2.61. The van der Waals surface area contributed by atoms with Crippen molar-refractivity contribution >= 4 is 23.1 Å². The summed E-state index contributed by atoms with van der Waals surface area (Å²) >= 11 is 5.12. The van der Waals surface area contributed by atoms with Crippen LogP contribution in [0.5, 0.6) is 11.5 Å². The highest BCUT2D eigenvalue weighted by molar-refractivity contribution is 7.80. The number of phenols is 2. The Morgan fingerprint density at radius 3 is 2.33 bits per heavy atom. The highest BCUT2D eigenvalue weighted by Crippen LogP contribution is 2.28. The van der Waals surface area contributed by atoms with Gasteiger partial charge in [0.05, 0.1) is 10.5 Å². The average molecular weight is 309 g/mol. The Hall–Kier alpha value is -1.86. The van der Waals surface area contributed by atoms with E-state index in [1.165, 1.54) is 18.2 Å². The molecule has 1 aromatic carbocycles. The smallest absolute Gasteiger partial charge is 0.259 e. The number of nitrogens with zero attached hydrogens (tertiary/aromatic N) is 1. The average Bonchev–Trinajstić information content (AvgIpc) is 2.41. The third-order valence-electron chi connectivity index (χ3n) is 3.91. The maximum atomic E-state index is 12.4. The van der Waals surface area contributed by atoms with Crippen LogP contribution in [0.25, 0.3) is 0 Å². The molecule has 114 valence electrons. The fraction of sp³-hybridized carbons (Fsp3) is 0.429. The van der Waals surface area contributed by atoms with Crippen molar-refractivity contribution in [3.63, 3.8) is 0 Å². The molecule has 21 heavy (non-hydrogen) atoms. The molecule has 5 N–H and O–H groups in total. The fourth-order valence-corrected chi connectivity index (χ4v) is 2.73. The van der Waals surface area contributed by atoms with Crippen LogP contribution >= 0.6 is 12.2 Å². The Balaban J connectivity index is 2.26. The Morgan fingerprint density at radius 1 is 1.33 bits per heavy atom. The van der Waals surface area contributed by atoms with Gasteiger partial charge in [0.15, 0.2) is 0 Å². The van der Waals surface area contributed by atoms with Gasteiger partial charge < -0.3 is 26.2 Å². The molecule has 1 saturated heterocycles. The number of carbonyl (C=O) groups is 1. The first-order valence-corrected chi connectivity index (χ1v) is 7.08. The number of hydrogen-bond acceptors (Lipinski definition) is 5. The van der Waals surface area contributed by atoms with E-state index in [0.29, 0.717) is 12.8 Å². The van der Waals surface area contributed by atoms with Crippen LogP contribution in [0.2, 0.25) is 0 Å². The largest absolute Gasteiger partial charge is 0.507 e. The van der Waals surface area contributed by atoms with E-state index >= 15 is 0 Å². The maximum Gasteiger partial charge on any atom is 0.259 e. The van der Waals surface area contributed by atoms with Gasteiger partial charge in [0.1, 0.15) is 17.1 Å². The van der Waals surface area contributed by atoms with Crippen molar-refractivity contribution in [1.29, 1.82) is 0 Å². The van der Waals surface area contributed by atoms with E-state index in [0.717, 1.165) is 13.1 Å². The van der Waals surface area contributed by atoms with Crippen LogP contribution in [0.3, 0.4) is 0 Å². The molecule has 1 amide bonds. The zero-order chi connectivity index (χ0) is 15.6. The number of rotatable bonds is 3. The van der Waals surface area contributed by atoms with Gasteiger partial charge in [0, 0.05) is 13.1 Å². The molecule has 0 atom stereocenters. The van der Waals surface area contributed by atoms with Crippen molar-refractivity contribution < 1.29 is 15.0 Å². The maximum absolute atomic E-state index is 12.4. The number of amides is 1. The first kappa shape index (κ1) is 15.5. The summed E-state index contributed by atoms with van der Waals surface area (Å²) in [6.45, 7) is 1.51. The van der Waals surface area contributed by atoms with Crippen molar-refractivity contribution in [3.05, 3.63) is 23.8 Å². The highest BCUT2D eigenvalue weighted by Gasteiger charge is 2.38. The van der Waals surface area contributed by atoms with Gasteiger partial charge in [-0.3, -0.25) is 4.79 Å². The molecule has 6 nitrogen and oxygen atoms in total. The van der Waals surface area contributed by atoms with Crippen molar-refractivity contribution in [2.45, 2.75) is 18.4 Å². The molecule has 1 aliphatic heterocycles. The minimum Gasteiger partial charge on any atom is -0.507 e. The highest BCUT2D eigenvalue weighted by atomic mass is 32.1. The number of nitrogens with two attached hydrogens (primary N) is 1. The number of hydrogen-bond donors (Lipinski definition) is 4. The lowest BCUT2D eigenvalue weighted by Gasteiger charge is -2.40. The summed E-state index contributed by atoms with van der Waals surface area (Å²) in [5.41, 5.74) is 4.88. The summed E-state index contributed by atoms with van der Waals surface area (Å²) in [6, 6.07) is 4.15. The molecule has 1 fully saturated rings. The van der Waals surface area contributed by atoms with Crippen LogP contribution in [-0.4, -0.2) is 51.7 Å². The van der Waals surface area contributed by atoms with Gasteiger partial charge >= 0.3 is 0 Å². The van der Waals surface area contributed by atoms with Crippen LogP contribution in [0.15, 0.2) is 18.2 Å². The van der Waals surface area contributed by atoms with Crippen molar-refractivity contribution in [2.75, 3.05) is 20.1 Å². The van der Waals surface area contributed by atoms with Gasteiger partial charge in [-0.2, -0.15) is 0 Å². The number of nitrogens with one attached hydrogen (secondary N) is 1. The second-order valence-electron chi connectivity index (χ2n) is 5.38. The normalized spacial score (nSPS) is 18.1. The van der Waals surface area contributed by atoms with Crippen LogP contribution in [-0.2, 0) is 0 Å². The first-order chi connectivity index (χ1) is 9.85. The Labute approximate surface area is 128 Å². The molecule has 0 aliphatic carbocycles. The molecule has 0 aromatic heterocycles. The molecule has 1 aromatic rings. The van der Waals surface area contributed by atoms with Gasteiger partial charge in [-0.1, -0.05) is 18.3 Å². The van der Waals surface area contributed by atoms with Gasteiger partial charge in [0.2, 0.25) is 0 Å². The number of thiocarbonyl (C=S) groups is 1. The van der Waals surface area contributed by atoms with Crippen molar-refractivity contribution in [1.82, 2.24) is 10.2 Å². The molecular weight excluding hydrogens is 290 g/mol. The second-order valence-corrected chi connectivity index (χ2v) is 5.81. The van der Waals surface area contributed by atoms with E-state index in [1.807, 2.05) is 7.05 Å². The number of aromatic hydroxyl groups is 2. The second kappa shape index (κ2) is 5.87. The minimum absolute atomic E-state index is 0.160. The Kier molecular flexibility index (Phi) is 4.34. The molecular formula is C14H19N3O3S. The van der Waals surface area contributed by atoms with E-state index in [4.69, 9.17) is 18.0 Å². The van der Waals surface area contributed by atoms with Crippen LogP contribution in [0.1, 0.15) is 23.2 Å². The minimum atomic E-state index is -0.784. The topological polar surface area (TPSA) is 98.8 Å². The molecule has 0 saturated carbocycles. The third-order valence-corrected chi connectivity index (χ3v) is 4.30. The lowest BCUT2D eigenvalue weighted by atomic mass is 9.87. The van der Waals surface area contributed by atoms with Gasteiger partial charge in [-0.05, 0) is 32.0 Å². The van der Waals surface area contributed by atoms with Gasteiger partial charge in [-0.15, -0.1) is 0 Å². The van der Waals surface area contributed by atoms with Crippen LogP contribution < -0.4 is 11.1 Å². The Bertz CT molecular complexity index is 548. The van der Waals surface area contributed by atoms with E-state index in [1.54, 1.807) is 0 Å². The standard InChI is InChI=1S/C14H19N3O3S/c1-17-7-5-14(6-8-17,13(15)21)16-12(20)11-9(18)3-2-4-10(11)19/h2-4,18-19H,5-8H2,1H3,(H2,15,21)(H,16,20). The fourth-order valence-electron chi connectivity index (χ4n) is 2.47. The number of piperidine rings is 1. The third kappa shape index (κ3) is 3.08. The number of phenolic OH excluding ortho intramolecular Hbond substituents is 2. The quantitative estimate of drug-likeness (QED) is 0.610. The molecule has 0 spiro atoms. The molecule has 0 unspecified atom stereocenters. The van der Waals surface area contributed by atoms with Crippen LogP contribution in [0, 0.1) is 0 Å². The van der Waals surface area contributed by atoms with E-state index in [2.05, 4.69) is 10.2 Å². The summed E-state index contributed by atoms with van der Waals surface area (Å²) in [5.74, 6) is -1.14. The summed E-state index contributed by atoms with van der Waals surface area (Å²) in [6.07, 6.45) is 1.19. The van der Waals surface area contributed by atoms with Gasteiger partial charge in [-0.25, -0.2) is 0 Å². The molecule has 1 heterocycles. The predicted octanol–water partition coefficient (Wildman–Crippen LogP) is 0.578. The molecule has 2 rings (SSSR count). The predicted molar refractivity (Wildman–Crippen MR) is 83.5 cm³/mol. The van der Waals surface area contributed by atoms with E-state index < -0.39 is 11.4 Å². The summed E-state index contributed by atoms with van der Waals surface area (Å²) in [4.78, 5) is 14.7. The number of carbonyl (C=O) groups excluding carboxylic acids is 1. The number of benzene rings is 1. The first-order valence-electron chi connectivity index (χ1n) is 6.67. The van der Waals surface area contributed by atoms with Crippen molar-refractivity contribution in [3.8, 4) is 11.5 Å². The van der Waals surface area contributed by atoms with Crippen molar-refractivity contribution in [2.24, 2.45) is 5.73 Å². The molecule has 7 heteroatoms. The zero-order valence-corrected chi connectivity index (χ0v) is 12.6. The van der Waals surface area contributed by atoms with E-state index in [9.17, 15) is 15.0 Å². The number of likely N-dealkylation sites (tertiary alicyclic amines) is 1. The zero-order valence-electron chi connectivity index (χ0n) is 11.8. The SMILES string of the molecule is CN1CCC(NC(=O)c2c(O)cccc2O)(C(N)=S)CC1. The molecule has 0 bridgehead atoms.